The summed E-state index contributed by atoms with van der Waals surface area (Å²) in [7, 11) is 0. The van der Waals surface area contributed by atoms with Gasteiger partial charge in [0.2, 0.25) is 0 Å². The van der Waals surface area contributed by atoms with Crippen molar-refractivity contribution in [3.8, 4) is 0 Å². The zero-order chi connectivity index (χ0) is 15.9. The number of nitrogens with two attached hydrogens (primary N) is 1. The van der Waals surface area contributed by atoms with Gasteiger partial charge in [-0.1, -0.05) is 53.1 Å². The van der Waals surface area contributed by atoms with Gasteiger partial charge in [0.15, 0.2) is 0 Å². The number of primary amides is 1. The van der Waals surface area contributed by atoms with Crippen molar-refractivity contribution in [2.24, 2.45) is 16.6 Å². The topological polar surface area (TPSA) is 63.4 Å². The Kier molecular flexibility index (Phi) is 4.59. The van der Waals surface area contributed by atoms with E-state index in [1.165, 1.54) is 0 Å². The van der Waals surface area contributed by atoms with Crippen LogP contribution in [0.25, 0.3) is 0 Å². The van der Waals surface area contributed by atoms with E-state index in [2.05, 4.69) is 20.8 Å². The molecule has 0 aromatic rings. The average Bonchev–Trinajstić information content (AvgIpc) is 2.49. The molecule has 1 heterocycles. The minimum absolute atomic E-state index is 0.0383. The predicted octanol–water partition coefficient (Wildman–Crippen LogP) is 2.66. The number of carbonyl (C=O) groups is 2. The maximum absolute atomic E-state index is 12.5. The Balaban J connectivity index is 3.25. The highest BCUT2D eigenvalue weighted by Gasteiger charge is 2.47. The van der Waals surface area contributed by atoms with E-state index in [0.717, 1.165) is 6.42 Å². The maximum atomic E-state index is 12.5. The van der Waals surface area contributed by atoms with Gasteiger partial charge >= 0.3 is 0 Å². The molecule has 1 unspecified atom stereocenters. The molecule has 5 heteroatoms. The summed E-state index contributed by atoms with van der Waals surface area (Å²) in [5, 5.41) is 0.280. The predicted molar refractivity (Wildman–Crippen MR) is 81.1 cm³/mol. The first-order chi connectivity index (χ1) is 8.92. The highest BCUT2D eigenvalue weighted by Crippen LogP contribution is 2.41. The lowest BCUT2D eigenvalue weighted by atomic mass is 9.84. The van der Waals surface area contributed by atoms with Crippen molar-refractivity contribution >= 4 is 23.4 Å². The van der Waals surface area contributed by atoms with Gasteiger partial charge < -0.3 is 10.6 Å². The summed E-state index contributed by atoms with van der Waals surface area (Å²) in [6.45, 7) is 12.8. The number of nitrogens with zero attached hydrogens (tertiary/aromatic N) is 1. The van der Waals surface area contributed by atoms with Crippen molar-refractivity contribution in [3.05, 3.63) is 10.6 Å². The molecule has 0 aromatic carbocycles. The van der Waals surface area contributed by atoms with Crippen LogP contribution in [0.2, 0.25) is 0 Å². The Labute approximate surface area is 126 Å². The lowest BCUT2D eigenvalue weighted by Crippen LogP contribution is -2.47. The molecule has 20 heavy (non-hydrogen) atoms. The molecule has 1 aliphatic heterocycles. The third-order valence-electron chi connectivity index (χ3n) is 3.89. The first kappa shape index (κ1) is 17.0. The summed E-state index contributed by atoms with van der Waals surface area (Å²) in [4.78, 5) is 25.7. The van der Waals surface area contributed by atoms with Crippen molar-refractivity contribution in [1.29, 1.82) is 0 Å². The first-order valence-corrected chi connectivity index (χ1v) is 7.30. The second-order valence-corrected chi connectivity index (χ2v) is 7.71. The van der Waals surface area contributed by atoms with Crippen LogP contribution in [0.5, 0.6) is 0 Å². The average molecular weight is 301 g/mol. The fraction of sp³-hybridized carbons (Fsp3) is 0.733. The van der Waals surface area contributed by atoms with Gasteiger partial charge in [-0.05, 0) is 17.3 Å². The van der Waals surface area contributed by atoms with Crippen LogP contribution < -0.4 is 5.73 Å². The van der Waals surface area contributed by atoms with Crippen LogP contribution in [-0.2, 0) is 9.59 Å². The lowest BCUT2D eigenvalue weighted by Gasteiger charge is -2.39. The number of halogens is 1. The Morgan fingerprint density at radius 2 is 1.80 bits per heavy atom. The second kappa shape index (κ2) is 5.40. The van der Waals surface area contributed by atoms with Gasteiger partial charge in [0.25, 0.3) is 11.8 Å². The summed E-state index contributed by atoms with van der Waals surface area (Å²) < 4.78 is 0. The van der Waals surface area contributed by atoms with Crippen LogP contribution in [0.4, 0.5) is 0 Å². The van der Waals surface area contributed by atoms with Crippen LogP contribution in [0, 0.1) is 10.8 Å². The van der Waals surface area contributed by atoms with Gasteiger partial charge in [-0.25, -0.2) is 0 Å². The molecule has 0 radical (unpaired) electrons. The zero-order valence-corrected chi connectivity index (χ0v) is 14.0. The van der Waals surface area contributed by atoms with Crippen molar-refractivity contribution in [3.63, 3.8) is 0 Å². The van der Waals surface area contributed by atoms with E-state index in [1.54, 1.807) is 4.90 Å². The summed E-state index contributed by atoms with van der Waals surface area (Å²) >= 11 is 6.30. The number of hydrogen-bond acceptors (Lipinski definition) is 2. The minimum atomic E-state index is -0.744. The first-order valence-electron chi connectivity index (χ1n) is 6.93. The van der Waals surface area contributed by atoms with Crippen molar-refractivity contribution in [1.82, 2.24) is 4.90 Å². The summed E-state index contributed by atoms with van der Waals surface area (Å²) in [5.41, 5.74) is 4.96. The summed E-state index contributed by atoms with van der Waals surface area (Å²) in [6.07, 6.45) is 0.928. The normalized spacial score (nSPS) is 20.9. The highest BCUT2D eigenvalue weighted by atomic mass is 35.5. The van der Waals surface area contributed by atoms with E-state index in [4.69, 9.17) is 17.3 Å². The number of carbonyl (C=O) groups excluding carboxylic acids is 2. The molecule has 0 saturated heterocycles. The Morgan fingerprint density at radius 3 is 2.15 bits per heavy atom. The fourth-order valence-corrected chi connectivity index (χ4v) is 3.06. The van der Waals surface area contributed by atoms with E-state index in [-0.39, 0.29) is 33.4 Å². The Morgan fingerprint density at radius 1 is 1.30 bits per heavy atom. The van der Waals surface area contributed by atoms with Gasteiger partial charge in [-0.3, -0.25) is 9.59 Å². The number of amides is 2. The molecule has 1 atom stereocenters. The molecule has 0 bridgehead atoms. The summed E-state index contributed by atoms with van der Waals surface area (Å²) in [6, 6.07) is -0.301. The van der Waals surface area contributed by atoms with Crippen molar-refractivity contribution in [2.75, 3.05) is 6.54 Å². The molecule has 4 nitrogen and oxygen atoms in total. The van der Waals surface area contributed by atoms with Crippen LogP contribution in [0.1, 0.15) is 48.0 Å². The molecular formula is C15H25ClN2O2. The number of hydrogen-bond donors (Lipinski definition) is 1. The third-order valence-corrected chi connectivity index (χ3v) is 4.28. The fourth-order valence-electron chi connectivity index (χ4n) is 2.44. The smallest absolute Gasteiger partial charge is 0.261 e. The van der Waals surface area contributed by atoms with Crippen LogP contribution >= 0.6 is 11.6 Å². The molecule has 2 amide bonds. The largest absolute Gasteiger partial charge is 0.365 e. The van der Waals surface area contributed by atoms with E-state index < -0.39 is 5.91 Å². The van der Waals surface area contributed by atoms with Gasteiger partial charge in [0.05, 0.1) is 11.1 Å². The highest BCUT2D eigenvalue weighted by molar-refractivity contribution is 6.38. The van der Waals surface area contributed by atoms with Crippen LogP contribution in [0.15, 0.2) is 10.6 Å². The lowest BCUT2D eigenvalue weighted by molar-refractivity contribution is -0.131. The van der Waals surface area contributed by atoms with E-state index in [1.807, 2.05) is 20.8 Å². The van der Waals surface area contributed by atoms with Gasteiger partial charge in [0, 0.05) is 6.54 Å². The SMILES string of the molecule is CCC(C)(C)CN1C(=O)C(C(N)=O)=C(Cl)C1C(C)(C)C. The standard InChI is InChI=1S/C15H25ClN2O2/c1-7-15(5,6)8-18-11(14(2,3)4)10(16)9(12(17)19)13(18)20/h11H,7-8H2,1-6H3,(H2,17,19). The van der Waals surface area contributed by atoms with Crippen LogP contribution in [0.3, 0.4) is 0 Å². The summed E-state index contributed by atoms with van der Waals surface area (Å²) in [5.74, 6) is -1.09. The van der Waals surface area contributed by atoms with Gasteiger partial charge in [0.1, 0.15) is 5.57 Å². The van der Waals surface area contributed by atoms with E-state index in [9.17, 15) is 9.59 Å². The van der Waals surface area contributed by atoms with Gasteiger partial charge in [-0.15, -0.1) is 0 Å². The van der Waals surface area contributed by atoms with Crippen molar-refractivity contribution in [2.45, 2.75) is 54.0 Å². The molecule has 1 rings (SSSR count). The molecule has 1 aliphatic rings. The maximum Gasteiger partial charge on any atom is 0.261 e. The minimum Gasteiger partial charge on any atom is -0.365 e. The quantitative estimate of drug-likeness (QED) is 0.811. The molecule has 0 saturated carbocycles. The zero-order valence-electron chi connectivity index (χ0n) is 13.2. The second-order valence-electron chi connectivity index (χ2n) is 7.31. The monoisotopic (exact) mass is 300 g/mol. The molecule has 0 aromatic heterocycles. The Hall–Kier alpha value is -1.03. The molecule has 0 spiro atoms. The van der Waals surface area contributed by atoms with Gasteiger partial charge in [-0.2, -0.15) is 0 Å². The molecule has 2 N–H and O–H groups in total. The molecular weight excluding hydrogens is 276 g/mol. The van der Waals surface area contributed by atoms with E-state index in [0.29, 0.717) is 6.54 Å². The van der Waals surface area contributed by atoms with Crippen LogP contribution in [-0.4, -0.2) is 29.3 Å². The molecule has 0 fully saturated rings. The molecule has 0 aliphatic carbocycles. The van der Waals surface area contributed by atoms with E-state index >= 15 is 0 Å². The Bertz CT molecular complexity index is 461. The number of rotatable bonds is 4. The molecule has 114 valence electrons. The van der Waals surface area contributed by atoms with Crippen molar-refractivity contribution < 1.29 is 9.59 Å². The third kappa shape index (κ3) is 3.17.